The highest BCUT2D eigenvalue weighted by Gasteiger charge is 2.20. The molecule has 5 nitrogen and oxygen atoms in total. The van der Waals surface area contributed by atoms with E-state index in [0.717, 1.165) is 37.0 Å². The second kappa shape index (κ2) is 9.80. The molecule has 2 amide bonds. The van der Waals surface area contributed by atoms with Crippen molar-refractivity contribution in [2.75, 3.05) is 11.9 Å². The van der Waals surface area contributed by atoms with E-state index in [2.05, 4.69) is 17.6 Å². The summed E-state index contributed by atoms with van der Waals surface area (Å²) in [4.78, 5) is 23.7. The minimum absolute atomic E-state index is 0.0622. The molecule has 1 aromatic heterocycles. The minimum atomic E-state index is -1.10. The fourth-order valence-electron chi connectivity index (χ4n) is 2.43. The Kier molecular flexibility index (Phi) is 7.75. The molecule has 0 spiro atoms. The first-order valence-electron chi connectivity index (χ1n) is 8.29. The van der Waals surface area contributed by atoms with Gasteiger partial charge in [0.2, 0.25) is 0 Å². The maximum Gasteiger partial charge on any atom is 0.348 e. The molecule has 2 rings (SSSR count). The number of halogens is 2. The van der Waals surface area contributed by atoms with E-state index in [1.807, 2.05) is 0 Å². The van der Waals surface area contributed by atoms with Crippen molar-refractivity contribution in [2.45, 2.75) is 32.6 Å². The highest BCUT2D eigenvalue weighted by molar-refractivity contribution is 7.13. The number of amides is 2. The van der Waals surface area contributed by atoms with Crippen LogP contribution in [-0.2, 0) is 0 Å². The monoisotopic (exact) mass is 414 g/mol. The predicted molar refractivity (Wildman–Crippen MR) is 108 cm³/mol. The van der Waals surface area contributed by atoms with Crippen LogP contribution < -0.4 is 10.6 Å². The van der Waals surface area contributed by atoms with Crippen molar-refractivity contribution in [2.24, 2.45) is 0 Å². The topological polar surface area (TPSA) is 78.4 Å². The van der Waals surface area contributed by atoms with E-state index in [0.29, 0.717) is 27.7 Å². The summed E-state index contributed by atoms with van der Waals surface area (Å²) >= 11 is 13.0. The molecule has 1 heterocycles. The number of hydrogen-bond acceptors (Lipinski definition) is 3. The summed E-state index contributed by atoms with van der Waals surface area (Å²) in [5, 5.41) is 17.3. The van der Waals surface area contributed by atoms with Gasteiger partial charge >= 0.3 is 12.0 Å². The Hall–Kier alpha value is -1.76. The van der Waals surface area contributed by atoms with Gasteiger partial charge in [0, 0.05) is 17.5 Å². The number of benzene rings is 1. The minimum Gasteiger partial charge on any atom is -0.477 e. The van der Waals surface area contributed by atoms with Gasteiger partial charge in [0.25, 0.3) is 0 Å². The molecule has 0 atom stereocenters. The molecule has 0 fully saturated rings. The summed E-state index contributed by atoms with van der Waals surface area (Å²) in [5.74, 6) is -1.10. The van der Waals surface area contributed by atoms with Gasteiger partial charge in [-0.2, -0.15) is 0 Å². The number of rotatable bonds is 8. The number of carboxylic acids is 1. The zero-order valence-corrected chi connectivity index (χ0v) is 16.6. The van der Waals surface area contributed by atoms with Crippen molar-refractivity contribution in [1.82, 2.24) is 5.32 Å². The third-order valence-electron chi connectivity index (χ3n) is 3.77. The Morgan fingerprint density at radius 2 is 1.92 bits per heavy atom. The van der Waals surface area contributed by atoms with Gasteiger partial charge in [0.1, 0.15) is 4.88 Å². The number of anilines is 1. The van der Waals surface area contributed by atoms with E-state index in [1.165, 1.54) is 0 Å². The second-order valence-electron chi connectivity index (χ2n) is 5.73. The van der Waals surface area contributed by atoms with Gasteiger partial charge in [-0.1, -0.05) is 55.5 Å². The van der Waals surface area contributed by atoms with Crippen LogP contribution in [0.25, 0.3) is 11.1 Å². The molecule has 0 unspecified atom stereocenters. The average molecular weight is 415 g/mol. The molecule has 26 heavy (non-hydrogen) atoms. The Morgan fingerprint density at radius 3 is 2.58 bits per heavy atom. The zero-order chi connectivity index (χ0) is 19.1. The molecule has 3 N–H and O–H groups in total. The van der Waals surface area contributed by atoms with Gasteiger partial charge < -0.3 is 15.7 Å². The summed E-state index contributed by atoms with van der Waals surface area (Å²) in [6.07, 6.45) is 4.18. The van der Waals surface area contributed by atoms with Crippen molar-refractivity contribution < 1.29 is 14.7 Å². The lowest BCUT2D eigenvalue weighted by molar-refractivity contribution is 0.0703. The molecule has 0 saturated carbocycles. The van der Waals surface area contributed by atoms with Crippen molar-refractivity contribution in [3.8, 4) is 11.1 Å². The standard InChI is InChI=1S/C18H20Cl2N2O3S/c1-2-3-4-5-8-21-18(25)22-15-12(10-26-16(15)17(23)24)11-6-7-13(19)14(20)9-11/h6-7,9-10H,2-5,8H2,1H3,(H,23,24)(H2,21,22,25). The fourth-order valence-corrected chi connectivity index (χ4v) is 3.59. The van der Waals surface area contributed by atoms with Crippen molar-refractivity contribution in [1.29, 1.82) is 0 Å². The lowest BCUT2D eigenvalue weighted by Crippen LogP contribution is -2.30. The van der Waals surface area contributed by atoms with Gasteiger partial charge in [-0.15, -0.1) is 11.3 Å². The van der Waals surface area contributed by atoms with Crippen LogP contribution in [0.1, 0.15) is 42.3 Å². The van der Waals surface area contributed by atoms with E-state index in [4.69, 9.17) is 23.2 Å². The quantitative estimate of drug-likeness (QED) is 0.455. The number of carbonyl (C=O) groups excluding carboxylic acids is 1. The average Bonchev–Trinajstić information content (AvgIpc) is 3.01. The molecular formula is C18H20Cl2N2O3S. The number of hydrogen-bond donors (Lipinski definition) is 3. The van der Waals surface area contributed by atoms with E-state index < -0.39 is 12.0 Å². The van der Waals surface area contributed by atoms with Crippen molar-refractivity contribution in [3.63, 3.8) is 0 Å². The number of aromatic carboxylic acids is 1. The Morgan fingerprint density at radius 1 is 1.15 bits per heavy atom. The fraction of sp³-hybridized carbons (Fsp3) is 0.333. The van der Waals surface area contributed by atoms with E-state index >= 15 is 0 Å². The Bertz CT molecular complexity index is 793. The molecule has 0 bridgehead atoms. The highest BCUT2D eigenvalue weighted by Crippen LogP contribution is 2.38. The predicted octanol–water partition coefficient (Wildman–Crippen LogP) is 6.12. The van der Waals surface area contributed by atoms with Gasteiger partial charge in [0.15, 0.2) is 0 Å². The summed E-state index contributed by atoms with van der Waals surface area (Å²) in [7, 11) is 0. The smallest absolute Gasteiger partial charge is 0.348 e. The van der Waals surface area contributed by atoms with Gasteiger partial charge in [-0.25, -0.2) is 9.59 Å². The van der Waals surface area contributed by atoms with Crippen LogP contribution in [0.15, 0.2) is 23.6 Å². The summed E-state index contributed by atoms with van der Waals surface area (Å²) in [6, 6.07) is 4.58. The van der Waals surface area contributed by atoms with Crippen LogP contribution in [0.3, 0.4) is 0 Å². The van der Waals surface area contributed by atoms with E-state index in [1.54, 1.807) is 23.6 Å². The van der Waals surface area contributed by atoms with Gasteiger partial charge in [-0.3, -0.25) is 0 Å². The number of carboxylic acid groups (broad SMARTS) is 1. The zero-order valence-electron chi connectivity index (χ0n) is 14.3. The number of unbranched alkanes of at least 4 members (excludes halogenated alkanes) is 3. The SMILES string of the molecule is CCCCCCNC(=O)Nc1c(-c2ccc(Cl)c(Cl)c2)csc1C(=O)O. The van der Waals surface area contributed by atoms with Crippen molar-refractivity contribution >= 4 is 52.2 Å². The largest absolute Gasteiger partial charge is 0.477 e. The van der Waals surface area contributed by atoms with Crippen LogP contribution in [-0.4, -0.2) is 23.7 Å². The Labute approximate surface area is 166 Å². The van der Waals surface area contributed by atoms with Crippen LogP contribution in [0.2, 0.25) is 10.0 Å². The number of carbonyl (C=O) groups is 2. The molecule has 0 radical (unpaired) electrons. The third kappa shape index (κ3) is 5.37. The molecule has 140 valence electrons. The number of urea groups is 1. The van der Waals surface area contributed by atoms with E-state index in [-0.39, 0.29) is 10.6 Å². The second-order valence-corrected chi connectivity index (χ2v) is 7.42. The van der Waals surface area contributed by atoms with Gasteiger partial charge in [0.05, 0.1) is 15.7 Å². The molecule has 0 aliphatic heterocycles. The highest BCUT2D eigenvalue weighted by atomic mass is 35.5. The molecule has 0 saturated heterocycles. The van der Waals surface area contributed by atoms with Crippen LogP contribution in [0.5, 0.6) is 0 Å². The normalized spacial score (nSPS) is 10.6. The summed E-state index contributed by atoms with van der Waals surface area (Å²) in [6.45, 7) is 2.66. The first kappa shape index (κ1) is 20.6. The molecular weight excluding hydrogens is 395 g/mol. The van der Waals surface area contributed by atoms with Gasteiger partial charge in [-0.05, 0) is 24.1 Å². The van der Waals surface area contributed by atoms with Crippen LogP contribution >= 0.6 is 34.5 Å². The third-order valence-corrected chi connectivity index (χ3v) is 5.48. The molecule has 8 heteroatoms. The summed E-state index contributed by atoms with van der Waals surface area (Å²) in [5.41, 5.74) is 1.53. The molecule has 2 aromatic rings. The first-order valence-corrected chi connectivity index (χ1v) is 9.92. The van der Waals surface area contributed by atoms with Crippen LogP contribution in [0, 0.1) is 0 Å². The summed E-state index contributed by atoms with van der Waals surface area (Å²) < 4.78 is 0. The molecule has 0 aliphatic carbocycles. The lowest BCUT2D eigenvalue weighted by atomic mass is 10.1. The maximum absolute atomic E-state index is 12.2. The Balaban J connectivity index is 2.17. The first-order chi connectivity index (χ1) is 12.4. The van der Waals surface area contributed by atoms with E-state index in [9.17, 15) is 14.7 Å². The number of nitrogens with one attached hydrogen (secondary N) is 2. The molecule has 1 aromatic carbocycles. The van der Waals surface area contributed by atoms with Crippen LogP contribution in [0.4, 0.5) is 10.5 Å². The maximum atomic E-state index is 12.2. The molecule has 0 aliphatic rings. The number of thiophene rings is 1. The lowest BCUT2D eigenvalue weighted by Gasteiger charge is -2.10. The van der Waals surface area contributed by atoms with Crippen molar-refractivity contribution in [3.05, 3.63) is 38.5 Å².